The first-order valence-corrected chi connectivity index (χ1v) is 8.47. The van der Waals surface area contributed by atoms with E-state index < -0.39 is 15.8 Å². The van der Waals surface area contributed by atoms with Gasteiger partial charge in [-0.25, -0.2) is 13.1 Å². The Morgan fingerprint density at radius 1 is 1.00 bits per heavy atom. The molecule has 114 valence electrons. The fraction of sp³-hybridized carbons (Fsp3) is 0.571. The first kappa shape index (κ1) is 16.8. The number of benzene rings is 1. The Morgan fingerprint density at radius 3 is 2.30 bits per heavy atom. The van der Waals surface area contributed by atoms with Gasteiger partial charge < -0.3 is 10.2 Å². The van der Waals surface area contributed by atoms with E-state index in [9.17, 15) is 13.5 Å². The lowest BCUT2D eigenvalue weighted by Gasteiger charge is -2.07. The summed E-state index contributed by atoms with van der Waals surface area (Å²) >= 11 is 0. The molecule has 0 aromatic heterocycles. The number of hydrogen-bond donors (Lipinski definition) is 3. The van der Waals surface area contributed by atoms with Crippen molar-refractivity contribution in [1.29, 1.82) is 0 Å². The molecule has 0 radical (unpaired) electrons. The highest BCUT2D eigenvalue weighted by atomic mass is 32.2. The molecule has 20 heavy (non-hydrogen) atoms. The van der Waals surface area contributed by atoms with Gasteiger partial charge in [0.1, 0.15) is 0 Å². The number of rotatable bonds is 9. The number of phenols is 2. The average Bonchev–Trinajstić information content (AvgIpc) is 2.40. The van der Waals surface area contributed by atoms with E-state index in [0.29, 0.717) is 6.54 Å². The van der Waals surface area contributed by atoms with Gasteiger partial charge in [-0.15, -0.1) is 0 Å². The molecule has 1 rings (SSSR count). The summed E-state index contributed by atoms with van der Waals surface area (Å²) < 4.78 is 26.3. The maximum absolute atomic E-state index is 11.9. The first-order valence-electron chi connectivity index (χ1n) is 6.99. The van der Waals surface area contributed by atoms with Crippen LogP contribution in [0.4, 0.5) is 0 Å². The van der Waals surface area contributed by atoms with Crippen molar-refractivity contribution in [2.24, 2.45) is 0 Å². The third kappa shape index (κ3) is 5.38. The number of unbranched alkanes of at least 4 members (excludes halogenated alkanes) is 5. The molecule has 0 unspecified atom stereocenters. The predicted octanol–water partition coefficient (Wildman–Crippen LogP) is 2.74. The highest BCUT2D eigenvalue weighted by Crippen LogP contribution is 2.26. The second-order valence-electron chi connectivity index (χ2n) is 4.82. The molecule has 5 nitrogen and oxygen atoms in total. The fourth-order valence-corrected chi connectivity index (χ4v) is 2.96. The van der Waals surface area contributed by atoms with Crippen LogP contribution in [-0.2, 0) is 10.0 Å². The second kappa shape index (κ2) is 8.11. The normalized spacial score (nSPS) is 11.7. The summed E-state index contributed by atoms with van der Waals surface area (Å²) in [6.07, 6.45) is 6.52. The Labute approximate surface area is 120 Å². The second-order valence-corrected chi connectivity index (χ2v) is 6.58. The van der Waals surface area contributed by atoms with E-state index in [4.69, 9.17) is 5.11 Å². The molecule has 0 amide bonds. The lowest BCUT2D eigenvalue weighted by molar-refractivity contribution is 0.402. The van der Waals surface area contributed by atoms with E-state index in [1.807, 2.05) is 0 Å². The van der Waals surface area contributed by atoms with Crippen molar-refractivity contribution < 1.29 is 18.6 Å². The molecule has 0 heterocycles. The molecule has 0 saturated heterocycles. The molecular weight excluding hydrogens is 278 g/mol. The summed E-state index contributed by atoms with van der Waals surface area (Å²) in [5.74, 6) is -0.771. The van der Waals surface area contributed by atoms with Crippen molar-refractivity contribution in [3.8, 4) is 11.5 Å². The molecule has 1 aromatic rings. The van der Waals surface area contributed by atoms with Crippen LogP contribution >= 0.6 is 0 Å². The van der Waals surface area contributed by atoms with E-state index in [0.717, 1.165) is 31.4 Å². The van der Waals surface area contributed by atoms with Crippen LogP contribution in [0.2, 0.25) is 0 Å². The molecule has 3 N–H and O–H groups in total. The van der Waals surface area contributed by atoms with Crippen molar-refractivity contribution in [3.05, 3.63) is 18.2 Å². The third-order valence-electron chi connectivity index (χ3n) is 3.08. The Bertz CT molecular complexity index is 514. The monoisotopic (exact) mass is 301 g/mol. The Balaban J connectivity index is 2.40. The van der Waals surface area contributed by atoms with Crippen LogP contribution in [-0.4, -0.2) is 25.2 Å². The Hall–Kier alpha value is -1.27. The van der Waals surface area contributed by atoms with Gasteiger partial charge in [-0.05, 0) is 18.6 Å². The largest absolute Gasteiger partial charge is 0.504 e. The quantitative estimate of drug-likeness (QED) is 0.483. The molecule has 0 spiro atoms. The van der Waals surface area contributed by atoms with Gasteiger partial charge >= 0.3 is 0 Å². The van der Waals surface area contributed by atoms with Crippen molar-refractivity contribution >= 4 is 10.0 Å². The Morgan fingerprint density at radius 2 is 1.65 bits per heavy atom. The summed E-state index contributed by atoms with van der Waals surface area (Å²) in [6.45, 7) is 2.54. The molecule has 0 saturated carbocycles. The van der Waals surface area contributed by atoms with Gasteiger partial charge in [0.15, 0.2) is 11.5 Å². The number of phenolic OH excluding ortho intramolecular Hbond substituents is 2. The minimum Gasteiger partial charge on any atom is -0.504 e. The first-order chi connectivity index (χ1) is 9.47. The number of sulfonamides is 1. The van der Waals surface area contributed by atoms with E-state index in [-0.39, 0.29) is 10.6 Å². The number of nitrogens with one attached hydrogen (secondary N) is 1. The predicted molar refractivity (Wildman–Crippen MR) is 78.3 cm³/mol. The maximum atomic E-state index is 11.9. The smallest absolute Gasteiger partial charge is 0.240 e. The molecule has 0 aliphatic heterocycles. The fourth-order valence-electron chi connectivity index (χ4n) is 1.87. The van der Waals surface area contributed by atoms with E-state index in [1.54, 1.807) is 0 Å². The van der Waals surface area contributed by atoms with Gasteiger partial charge in [0.05, 0.1) is 4.90 Å². The molecule has 6 heteroatoms. The van der Waals surface area contributed by atoms with Gasteiger partial charge in [-0.2, -0.15) is 0 Å². The molecule has 0 fully saturated rings. The zero-order valence-corrected chi connectivity index (χ0v) is 12.6. The van der Waals surface area contributed by atoms with Crippen molar-refractivity contribution in [1.82, 2.24) is 4.72 Å². The molecular formula is C14H23NO4S. The standard InChI is InChI=1S/C14H23NO4S/c1-2-3-4-5-6-7-10-15-20(18,19)12-8-9-13(16)14(17)11-12/h8-9,11,15-17H,2-7,10H2,1H3. The minimum absolute atomic E-state index is 0.0428. The molecule has 0 bridgehead atoms. The average molecular weight is 301 g/mol. The van der Waals surface area contributed by atoms with E-state index in [2.05, 4.69) is 11.6 Å². The van der Waals surface area contributed by atoms with Crippen LogP contribution in [0.3, 0.4) is 0 Å². The molecule has 0 aliphatic rings. The van der Waals surface area contributed by atoms with Crippen LogP contribution in [0.1, 0.15) is 45.4 Å². The maximum Gasteiger partial charge on any atom is 0.240 e. The van der Waals surface area contributed by atoms with Gasteiger partial charge in [0.2, 0.25) is 10.0 Å². The van der Waals surface area contributed by atoms with E-state index >= 15 is 0 Å². The lowest BCUT2D eigenvalue weighted by atomic mass is 10.1. The third-order valence-corrected chi connectivity index (χ3v) is 4.54. The zero-order chi connectivity index (χ0) is 15.0. The van der Waals surface area contributed by atoms with Crippen molar-refractivity contribution in [3.63, 3.8) is 0 Å². The van der Waals surface area contributed by atoms with Gasteiger partial charge in [0, 0.05) is 12.6 Å². The molecule has 0 aliphatic carbocycles. The number of hydrogen-bond acceptors (Lipinski definition) is 4. The number of aromatic hydroxyl groups is 2. The van der Waals surface area contributed by atoms with Crippen LogP contribution in [0.15, 0.2) is 23.1 Å². The molecule has 0 atom stereocenters. The van der Waals surface area contributed by atoms with Crippen molar-refractivity contribution in [2.45, 2.75) is 50.3 Å². The Kier molecular flexibility index (Phi) is 6.81. The highest BCUT2D eigenvalue weighted by molar-refractivity contribution is 7.89. The topological polar surface area (TPSA) is 86.6 Å². The van der Waals surface area contributed by atoms with Gasteiger partial charge in [-0.3, -0.25) is 0 Å². The summed E-state index contributed by atoms with van der Waals surface area (Å²) in [6, 6.07) is 3.46. The van der Waals surface area contributed by atoms with Crippen LogP contribution in [0.5, 0.6) is 11.5 Å². The SMILES string of the molecule is CCCCCCCCNS(=O)(=O)c1ccc(O)c(O)c1. The van der Waals surface area contributed by atoms with Crippen LogP contribution in [0.25, 0.3) is 0 Å². The summed E-state index contributed by atoms with van der Waals surface area (Å²) in [7, 11) is -3.62. The molecule has 1 aromatic carbocycles. The minimum atomic E-state index is -3.62. The van der Waals surface area contributed by atoms with Crippen molar-refractivity contribution in [2.75, 3.05) is 6.54 Å². The van der Waals surface area contributed by atoms with E-state index in [1.165, 1.54) is 25.3 Å². The zero-order valence-electron chi connectivity index (χ0n) is 11.8. The van der Waals surface area contributed by atoms with Crippen LogP contribution in [0, 0.1) is 0 Å². The summed E-state index contributed by atoms with van der Waals surface area (Å²) in [4.78, 5) is -0.0428. The summed E-state index contributed by atoms with van der Waals surface area (Å²) in [5, 5.41) is 18.5. The highest BCUT2D eigenvalue weighted by Gasteiger charge is 2.15. The van der Waals surface area contributed by atoms with Gasteiger partial charge in [-0.1, -0.05) is 39.0 Å². The van der Waals surface area contributed by atoms with Gasteiger partial charge in [0.25, 0.3) is 0 Å². The lowest BCUT2D eigenvalue weighted by Crippen LogP contribution is -2.24. The van der Waals surface area contributed by atoms with Crippen LogP contribution < -0.4 is 4.72 Å². The summed E-state index contributed by atoms with van der Waals surface area (Å²) in [5.41, 5.74) is 0.